The Labute approximate surface area is 120 Å². The van der Waals surface area contributed by atoms with Gasteiger partial charge in [0.05, 0.1) is 5.01 Å². The van der Waals surface area contributed by atoms with Crippen LogP contribution in [0.5, 0.6) is 0 Å². The van der Waals surface area contributed by atoms with Gasteiger partial charge in [-0.1, -0.05) is 6.07 Å². The average molecular weight is 290 g/mol. The molecule has 0 N–H and O–H groups in total. The first-order valence-corrected chi connectivity index (χ1v) is 7.99. The molecule has 2 aromatic heterocycles. The minimum Gasteiger partial charge on any atom is -0.338 e. The molecule has 3 rings (SSSR count). The van der Waals surface area contributed by atoms with Gasteiger partial charge in [0, 0.05) is 41.5 Å². The number of carbonyl (C=O) groups excluding carboxylic acids is 1. The van der Waals surface area contributed by atoms with Crippen LogP contribution < -0.4 is 0 Å². The summed E-state index contributed by atoms with van der Waals surface area (Å²) in [6.45, 7) is 1.62. The van der Waals surface area contributed by atoms with Gasteiger partial charge in [-0.2, -0.15) is 0 Å². The third-order valence-corrected chi connectivity index (χ3v) is 5.01. The smallest absolute Gasteiger partial charge is 0.246 e. The molecule has 0 aliphatic carbocycles. The van der Waals surface area contributed by atoms with Gasteiger partial charge in [-0.15, -0.1) is 22.7 Å². The maximum Gasteiger partial charge on any atom is 0.246 e. The molecular formula is C14H14N2OS2. The van der Waals surface area contributed by atoms with Crippen LogP contribution in [0.3, 0.4) is 0 Å². The lowest BCUT2D eigenvalue weighted by Crippen LogP contribution is -2.26. The average Bonchev–Trinajstić information content (AvgIpc) is 3.14. The van der Waals surface area contributed by atoms with E-state index in [1.807, 2.05) is 40.1 Å². The molecule has 1 aliphatic rings. The molecule has 1 aliphatic heterocycles. The first kappa shape index (κ1) is 12.6. The molecule has 0 saturated carbocycles. The van der Waals surface area contributed by atoms with Crippen LogP contribution in [-0.4, -0.2) is 28.9 Å². The Morgan fingerprint density at radius 3 is 3.11 bits per heavy atom. The van der Waals surface area contributed by atoms with Crippen molar-refractivity contribution in [3.8, 4) is 0 Å². The van der Waals surface area contributed by atoms with E-state index in [0.717, 1.165) is 29.4 Å². The lowest BCUT2D eigenvalue weighted by atomic mass is 10.1. The van der Waals surface area contributed by atoms with Crippen LogP contribution in [0, 0.1) is 0 Å². The molecule has 0 spiro atoms. The molecule has 2 aromatic rings. The second-order valence-corrected chi connectivity index (χ2v) is 6.39. The summed E-state index contributed by atoms with van der Waals surface area (Å²) >= 11 is 3.32. The van der Waals surface area contributed by atoms with E-state index in [4.69, 9.17) is 0 Å². The number of thiophene rings is 1. The number of hydrogen-bond donors (Lipinski definition) is 0. The van der Waals surface area contributed by atoms with Gasteiger partial charge in [0.15, 0.2) is 0 Å². The van der Waals surface area contributed by atoms with E-state index in [1.54, 1.807) is 28.7 Å². The van der Waals surface area contributed by atoms with E-state index in [-0.39, 0.29) is 5.91 Å². The van der Waals surface area contributed by atoms with Gasteiger partial charge < -0.3 is 4.90 Å². The summed E-state index contributed by atoms with van der Waals surface area (Å²) in [7, 11) is 0. The topological polar surface area (TPSA) is 33.2 Å². The zero-order chi connectivity index (χ0) is 13.1. The maximum absolute atomic E-state index is 12.1. The van der Waals surface area contributed by atoms with E-state index in [0.29, 0.717) is 5.92 Å². The molecule has 1 saturated heterocycles. The van der Waals surface area contributed by atoms with Crippen molar-refractivity contribution in [2.75, 3.05) is 13.1 Å². The van der Waals surface area contributed by atoms with Gasteiger partial charge in [-0.05, 0) is 23.9 Å². The third kappa shape index (κ3) is 2.93. The van der Waals surface area contributed by atoms with Gasteiger partial charge in [-0.3, -0.25) is 4.79 Å². The predicted molar refractivity (Wildman–Crippen MR) is 79.4 cm³/mol. The number of rotatable bonds is 3. The molecule has 1 atom stereocenters. The first-order chi connectivity index (χ1) is 9.33. The van der Waals surface area contributed by atoms with Crippen molar-refractivity contribution in [3.63, 3.8) is 0 Å². The molecule has 0 aromatic carbocycles. The highest BCUT2D eigenvalue weighted by Gasteiger charge is 2.27. The van der Waals surface area contributed by atoms with Crippen molar-refractivity contribution < 1.29 is 4.79 Å². The van der Waals surface area contributed by atoms with Crippen molar-refractivity contribution in [2.45, 2.75) is 12.3 Å². The summed E-state index contributed by atoms with van der Waals surface area (Å²) in [5.41, 5.74) is 0. The van der Waals surface area contributed by atoms with Gasteiger partial charge in [0.1, 0.15) is 0 Å². The summed E-state index contributed by atoms with van der Waals surface area (Å²) in [4.78, 5) is 19.5. The minimum atomic E-state index is 0.104. The van der Waals surface area contributed by atoms with Crippen molar-refractivity contribution >= 4 is 34.7 Å². The van der Waals surface area contributed by atoms with Crippen molar-refractivity contribution in [3.05, 3.63) is 45.1 Å². The van der Waals surface area contributed by atoms with Gasteiger partial charge in [0.25, 0.3) is 0 Å². The zero-order valence-electron chi connectivity index (χ0n) is 10.4. The van der Waals surface area contributed by atoms with Crippen LogP contribution in [0.2, 0.25) is 0 Å². The van der Waals surface area contributed by atoms with Crippen molar-refractivity contribution in [1.29, 1.82) is 0 Å². The van der Waals surface area contributed by atoms with E-state index >= 15 is 0 Å². The summed E-state index contributed by atoms with van der Waals surface area (Å²) in [6.07, 6.45) is 6.42. The summed E-state index contributed by atoms with van der Waals surface area (Å²) in [6, 6.07) is 4.00. The summed E-state index contributed by atoms with van der Waals surface area (Å²) < 4.78 is 0. The summed E-state index contributed by atoms with van der Waals surface area (Å²) in [5.74, 6) is 0.520. The fourth-order valence-corrected chi connectivity index (χ4v) is 3.63. The Balaban J connectivity index is 1.60. The largest absolute Gasteiger partial charge is 0.338 e. The molecule has 3 heterocycles. The molecule has 5 heteroatoms. The number of hydrogen-bond acceptors (Lipinski definition) is 4. The molecule has 3 nitrogen and oxygen atoms in total. The fraction of sp³-hybridized carbons (Fsp3) is 0.286. The highest BCUT2D eigenvalue weighted by molar-refractivity contribution is 7.10. The quantitative estimate of drug-likeness (QED) is 0.813. The number of amides is 1. The molecule has 19 heavy (non-hydrogen) atoms. The van der Waals surface area contributed by atoms with E-state index < -0.39 is 0 Å². The van der Waals surface area contributed by atoms with Crippen LogP contribution in [-0.2, 0) is 4.79 Å². The minimum absolute atomic E-state index is 0.104. The fourth-order valence-electron chi connectivity index (χ4n) is 2.24. The van der Waals surface area contributed by atoms with Gasteiger partial charge in [-0.25, -0.2) is 4.98 Å². The van der Waals surface area contributed by atoms with Crippen LogP contribution >= 0.6 is 22.7 Å². The summed E-state index contributed by atoms with van der Waals surface area (Å²) in [5, 5.41) is 5.16. The SMILES string of the molecule is O=C(/C=C/c1cccs1)N1CCC(c2nccs2)C1. The lowest BCUT2D eigenvalue weighted by molar-refractivity contribution is -0.124. The molecular weight excluding hydrogens is 276 g/mol. The number of nitrogens with zero attached hydrogens (tertiary/aromatic N) is 2. The standard InChI is InChI=1S/C14H14N2OS2/c17-13(4-3-12-2-1-8-18-12)16-7-5-11(10-16)14-15-6-9-19-14/h1-4,6,8-9,11H,5,7,10H2/b4-3+. The van der Waals surface area contributed by atoms with E-state index in [9.17, 15) is 4.79 Å². The molecule has 0 radical (unpaired) electrons. The lowest BCUT2D eigenvalue weighted by Gasteiger charge is -2.13. The Bertz CT molecular complexity index is 560. The van der Waals surface area contributed by atoms with Gasteiger partial charge >= 0.3 is 0 Å². The maximum atomic E-state index is 12.1. The second kappa shape index (κ2) is 5.67. The van der Waals surface area contributed by atoms with E-state index in [2.05, 4.69) is 4.98 Å². The zero-order valence-corrected chi connectivity index (χ0v) is 12.0. The highest BCUT2D eigenvalue weighted by Crippen LogP contribution is 2.28. The number of likely N-dealkylation sites (tertiary alicyclic amines) is 1. The van der Waals surface area contributed by atoms with Gasteiger partial charge in [0.2, 0.25) is 5.91 Å². The number of thiazole rings is 1. The van der Waals surface area contributed by atoms with Crippen molar-refractivity contribution in [2.24, 2.45) is 0 Å². The van der Waals surface area contributed by atoms with Crippen LogP contribution in [0.25, 0.3) is 6.08 Å². The van der Waals surface area contributed by atoms with Crippen molar-refractivity contribution in [1.82, 2.24) is 9.88 Å². The Morgan fingerprint density at radius 1 is 1.42 bits per heavy atom. The molecule has 98 valence electrons. The van der Waals surface area contributed by atoms with E-state index in [1.165, 1.54) is 0 Å². The highest BCUT2D eigenvalue weighted by atomic mass is 32.1. The normalized spacial score (nSPS) is 19.4. The molecule has 1 amide bonds. The van der Waals surface area contributed by atoms with Crippen LogP contribution in [0.1, 0.15) is 22.2 Å². The second-order valence-electron chi connectivity index (χ2n) is 4.49. The molecule has 0 bridgehead atoms. The van der Waals surface area contributed by atoms with Crippen LogP contribution in [0.15, 0.2) is 35.2 Å². The van der Waals surface area contributed by atoms with Crippen LogP contribution in [0.4, 0.5) is 0 Å². The number of aromatic nitrogens is 1. The Kier molecular flexibility index (Phi) is 3.75. The molecule has 1 unspecified atom stereocenters. The third-order valence-electron chi connectivity index (χ3n) is 3.23. The first-order valence-electron chi connectivity index (χ1n) is 6.23. The number of carbonyl (C=O) groups is 1. The Morgan fingerprint density at radius 2 is 2.37 bits per heavy atom. The Hall–Kier alpha value is -1.46. The predicted octanol–water partition coefficient (Wildman–Crippen LogP) is 3.23. The molecule has 1 fully saturated rings. The monoisotopic (exact) mass is 290 g/mol.